The second-order valence-electron chi connectivity index (χ2n) is 3.45. The highest BCUT2D eigenvalue weighted by atomic mass is 35.5. The number of hydrogen-bond acceptors (Lipinski definition) is 2. The van der Waals surface area contributed by atoms with Crippen molar-refractivity contribution in [2.45, 2.75) is 6.92 Å². The SMILES string of the molecule is Cc1[nH]c2ccc(Cl)cc2c(=O)c1C(=O)O. The van der Waals surface area contributed by atoms with E-state index in [1.165, 1.54) is 6.07 Å². The summed E-state index contributed by atoms with van der Waals surface area (Å²) in [6.07, 6.45) is 0. The van der Waals surface area contributed by atoms with Crippen LogP contribution in [0.15, 0.2) is 23.0 Å². The maximum atomic E-state index is 11.9. The molecule has 0 atom stereocenters. The third-order valence-electron chi connectivity index (χ3n) is 2.36. The van der Waals surface area contributed by atoms with Crippen LogP contribution in [0.3, 0.4) is 0 Å². The minimum Gasteiger partial charge on any atom is -0.477 e. The topological polar surface area (TPSA) is 70.2 Å². The molecule has 2 N–H and O–H groups in total. The van der Waals surface area contributed by atoms with Crippen molar-refractivity contribution >= 4 is 28.5 Å². The number of aryl methyl sites for hydroxylation is 1. The number of aromatic carboxylic acids is 1. The van der Waals surface area contributed by atoms with Gasteiger partial charge in [0.25, 0.3) is 0 Å². The predicted octanol–water partition coefficient (Wildman–Crippen LogP) is 2.19. The molecule has 1 aromatic heterocycles. The summed E-state index contributed by atoms with van der Waals surface area (Å²) in [4.78, 5) is 25.7. The zero-order valence-corrected chi connectivity index (χ0v) is 9.13. The molecule has 0 bridgehead atoms. The number of benzene rings is 1. The van der Waals surface area contributed by atoms with E-state index in [4.69, 9.17) is 16.7 Å². The van der Waals surface area contributed by atoms with Gasteiger partial charge in [-0.1, -0.05) is 11.6 Å². The summed E-state index contributed by atoms with van der Waals surface area (Å²) in [6.45, 7) is 1.55. The van der Waals surface area contributed by atoms with Crippen LogP contribution in [-0.4, -0.2) is 16.1 Å². The lowest BCUT2D eigenvalue weighted by Crippen LogP contribution is -2.18. The van der Waals surface area contributed by atoms with E-state index in [0.29, 0.717) is 16.2 Å². The monoisotopic (exact) mass is 237 g/mol. The van der Waals surface area contributed by atoms with E-state index in [2.05, 4.69) is 4.98 Å². The Balaban J connectivity index is 2.96. The Morgan fingerprint density at radius 3 is 2.75 bits per heavy atom. The van der Waals surface area contributed by atoms with E-state index in [0.717, 1.165) is 0 Å². The predicted molar refractivity (Wildman–Crippen MR) is 61.3 cm³/mol. The number of fused-ring (bicyclic) bond motifs is 1. The molecule has 0 radical (unpaired) electrons. The summed E-state index contributed by atoms with van der Waals surface area (Å²) in [5, 5.41) is 9.61. The number of aromatic amines is 1. The summed E-state index contributed by atoms with van der Waals surface area (Å²) in [5.41, 5.74) is 0.167. The lowest BCUT2D eigenvalue weighted by molar-refractivity contribution is 0.0694. The van der Waals surface area contributed by atoms with E-state index < -0.39 is 11.4 Å². The molecular formula is C11H8ClNO3. The van der Waals surface area contributed by atoms with Gasteiger partial charge in [-0.15, -0.1) is 0 Å². The van der Waals surface area contributed by atoms with Crippen LogP contribution < -0.4 is 5.43 Å². The average molecular weight is 238 g/mol. The molecule has 1 aromatic carbocycles. The quantitative estimate of drug-likeness (QED) is 0.799. The van der Waals surface area contributed by atoms with Gasteiger partial charge in [-0.2, -0.15) is 0 Å². The van der Waals surface area contributed by atoms with Crippen molar-refractivity contribution in [3.63, 3.8) is 0 Å². The summed E-state index contributed by atoms with van der Waals surface area (Å²) >= 11 is 5.76. The fraction of sp³-hybridized carbons (Fsp3) is 0.0909. The van der Waals surface area contributed by atoms with E-state index in [1.54, 1.807) is 19.1 Å². The number of H-pyrrole nitrogens is 1. The lowest BCUT2D eigenvalue weighted by atomic mass is 10.1. The van der Waals surface area contributed by atoms with Gasteiger partial charge in [-0.25, -0.2) is 4.79 Å². The highest BCUT2D eigenvalue weighted by Gasteiger charge is 2.15. The molecule has 5 heteroatoms. The molecule has 0 spiro atoms. The summed E-state index contributed by atoms with van der Waals surface area (Å²) in [6, 6.07) is 4.75. The van der Waals surface area contributed by atoms with Gasteiger partial charge >= 0.3 is 5.97 Å². The highest BCUT2D eigenvalue weighted by Crippen LogP contribution is 2.16. The molecule has 0 aliphatic rings. The molecule has 0 saturated heterocycles. The summed E-state index contributed by atoms with van der Waals surface area (Å²) in [7, 11) is 0. The molecule has 0 aliphatic carbocycles. The fourth-order valence-electron chi connectivity index (χ4n) is 1.64. The van der Waals surface area contributed by atoms with Crippen molar-refractivity contribution in [1.29, 1.82) is 0 Å². The number of hydrogen-bond donors (Lipinski definition) is 2. The first-order valence-corrected chi connectivity index (χ1v) is 4.94. The molecular weight excluding hydrogens is 230 g/mol. The van der Waals surface area contributed by atoms with Crippen LogP contribution in [-0.2, 0) is 0 Å². The molecule has 16 heavy (non-hydrogen) atoms. The maximum Gasteiger partial charge on any atom is 0.341 e. The minimum absolute atomic E-state index is 0.241. The van der Waals surface area contributed by atoms with E-state index in [-0.39, 0.29) is 10.9 Å². The van der Waals surface area contributed by atoms with E-state index >= 15 is 0 Å². The van der Waals surface area contributed by atoms with Gasteiger partial charge in [0.05, 0.1) is 0 Å². The number of carboxylic acids is 1. The highest BCUT2D eigenvalue weighted by molar-refractivity contribution is 6.31. The van der Waals surface area contributed by atoms with Crippen LogP contribution in [0.4, 0.5) is 0 Å². The summed E-state index contributed by atoms with van der Waals surface area (Å²) in [5.74, 6) is -1.24. The van der Waals surface area contributed by atoms with Gasteiger partial charge < -0.3 is 10.1 Å². The Morgan fingerprint density at radius 2 is 2.12 bits per heavy atom. The standard InChI is InChI=1S/C11H8ClNO3/c1-5-9(11(15)16)10(14)7-4-6(12)2-3-8(7)13-5/h2-4H,1H3,(H,13,14)(H,15,16). The van der Waals surface area contributed by atoms with Crippen LogP contribution in [0.25, 0.3) is 10.9 Å². The van der Waals surface area contributed by atoms with E-state index in [9.17, 15) is 9.59 Å². The number of aromatic nitrogens is 1. The average Bonchev–Trinajstić information content (AvgIpc) is 2.19. The molecule has 0 amide bonds. The van der Waals surface area contributed by atoms with Gasteiger partial charge in [-0.05, 0) is 25.1 Å². The van der Waals surface area contributed by atoms with Gasteiger partial charge in [0, 0.05) is 21.6 Å². The molecule has 1 heterocycles. The van der Waals surface area contributed by atoms with Crippen LogP contribution in [0.5, 0.6) is 0 Å². The first-order valence-electron chi connectivity index (χ1n) is 4.56. The third-order valence-corrected chi connectivity index (χ3v) is 2.60. The number of pyridine rings is 1. The normalized spacial score (nSPS) is 10.6. The largest absolute Gasteiger partial charge is 0.477 e. The van der Waals surface area contributed by atoms with E-state index in [1.807, 2.05) is 0 Å². The zero-order valence-electron chi connectivity index (χ0n) is 8.37. The van der Waals surface area contributed by atoms with Gasteiger partial charge in [0.15, 0.2) is 0 Å². The Bertz CT molecular complexity index is 645. The second-order valence-corrected chi connectivity index (χ2v) is 3.89. The smallest absolute Gasteiger partial charge is 0.341 e. The molecule has 0 unspecified atom stereocenters. The first-order chi connectivity index (χ1) is 7.50. The summed E-state index contributed by atoms with van der Waals surface area (Å²) < 4.78 is 0. The van der Waals surface area contributed by atoms with Crippen molar-refractivity contribution in [3.8, 4) is 0 Å². The van der Waals surface area contributed by atoms with Crippen LogP contribution >= 0.6 is 11.6 Å². The number of carboxylic acid groups (broad SMARTS) is 1. The number of halogens is 1. The minimum atomic E-state index is -1.24. The number of carbonyl (C=O) groups is 1. The fourth-order valence-corrected chi connectivity index (χ4v) is 1.81. The molecule has 0 fully saturated rings. The van der Waals surface area contributed by atoms with Crippen LogP contribution in [0, 0.1) is 6.92 Å². The second kappa shape index (κ2) is 3.64. The lowest BCUT2D eigenvalue weighted by Gasteiger charge is -2.04. The van der Waals surface area contributed by atoms with Gasteiger partial charge in [-0.3, -0.25) is 4.79 Å². The molecule has 4 nitrogen and oxygen atoms in total. The Hall–Kier alpha value is -1.81. The number of nitrogens with one attached hydrogen (secondary N) is 1. The van der Waals surface area contributed by atoms with Crippen molar-refractivity contribution in [2.75, 3.05) is 0 Å². The molecule has 82 valence electrons. The van der Waals surface area contributed by atoms with Crippen molar-refractivity contribution in [1.82, 2.24) is 4.98 Å². The molecule has 0 aliphatic heterocycles. The van der Waals surface area contributed by atoms with Gasteiger partial charge in [0.1, 0.15) is 5.56 Å². The maximum absolute atomic E-state index is 11.9. The van der Waals surface area contributed by atoms with Gasteiger partial charge in [0.2, 0.25) is 5.43 Å². The molecule has 2 aromatic rings. The molecule has 0 saturated carbocycles. The first kappa shape index (κ1) is 10.7. The Morgan fingerprint density at radius 1 is 1.44 bits per heavy atom. The Kier molecular flexibility index (Phi) is 2.44. The van der Waals surface area contributed by atoms with Crippen LogP contribution in [0.2, 0.25) is 5.02 Å². The number of rotatable bonds is 1. The van der Waals surface area contributed by atoms with Crippen LogP contribution in [0.1, 0.15) is 16.1 Å². The Labute approximate surface area is 95.5 Å². The van der Waals surface area contributed by atoms with Crippen molar-refractivity contribution in [2.24, 2.45) is 0 Å². The molecule has 2 rings (SSSR count). The third kappa shape index (κ3) is 1.57. The van der Waals surface area contributed by atoms with Crippen molar-refractivity contribution in [3.05, 3.63) is 44.7 Å². The van der Waals surface area contributed by atoms with Crippen molar-refractivity contribution < 1.29 is 9.90 Å². The zero-order chi connectivity index (χ0) is 11.9.